The summed E-state index contributed by atoms with van der Waals surface area (Å²) >= 11 is 0. The fraction of sp³-hybridized carbons (Fsp3) is 0.227. The Kier molecular flexibility index (Phi) is 4.59. The number of carbonyl (C=O) groups excluding carboxylic acids is 1. The summed E-state index contributed by atoms with van der Waals surface area (Å²) in [5.41, 5.74) is 3.13. The van der Waals surface area contributed by atoms with Crippen molar-refractivity contribution >= 4 is 22.6 Å². The summed E-state index contributed by atoms with van der Waals surface area (Å²) in [6, 6.07) is 9.67. The number of para-hydroxylation sites is 1. The number of benzene rings is 1. The van der Waals surface area contributed by atoms with E-state index in [1.54, 1.807) is 29.5 Å². The molecule has 3 aromatic heterocycles. The lowest BCUT2D eigenvalue weighted by Gasteiger charge is -2.35. The van der Waals surface area contributed by atoms with Crippen LogP contribution in [-0.2, 0) is 7.05 Å². The zero-order valence-corrected chi connectivity index (χ0v) is 16.6. The number of pyridine rings is 1. The van der Waals surface area contributed by atoms with Gasteiger partial charge in [-0.1, -0.05) is 18.2 Å². The van der Waals surface area contributed by atoms with Crippen LogP contribution in [0, 0.1) is 0 Å². The summed E-state index contributed by atoms with van der Waals surface area (Å²) in [5.74, 6) is 0.871. The van der Waals surface area contributed by atoms with Crippen LogP contribution in [0.2, 0.25) is 0 Å². The van der Waals surface area contributed by atoms with Crippen molar-refractivity contribution in [3.63, 3.8) is 0 Å². The number of rotatable bonds is 3. The molecule has 0 bridgehead atoms. The number of nitrogens with zero attached hydrogens (tertiary/aromatic N) is 7. The lowest BCUT2D eigenvalue weighted by Crippen LogP contribution is -2.49. The van der Waals surface area contributed by atoms with Gasteiger partial charge in [0.05, 0.1) is 29.2 Å². The Morgan fingerprint density at radius 2 is 1.87 bits per heavy atom. The molecule has 0 atom stereocenters. The predicted molar refractivity (Wildman–Crippen MR) is 114 cm³/mol. The molecule has 0 spiro atoms. The second-order valence-corrected chi connectivity index (χ2v) is 7.32. The van der Waals surface area contributed by atoms with Crippen molar-refractivity contribution in [3.8, 4) is 11.3 Å². The second-order valence-electron chi connectivity index (χ2n) is 7.32. The van der Waals surface area contributed by atoms with Gasteiger partial charge in [0.15, 0.2) is 0 Å². The van der Waals surface area contributed by atoms with Crippen molar-refractivity contribution in [2.75, 3.05) is 31.1 Å². The van der Waals surface area contributed by atoms with Gasteiger partial charge in [-0.15, -0.1) is 0 Å². The first-order valence-corrected chi connectivity index (χ1v) is 9.88. The SMILES string of the molecule is Cn1cc(-c2cc(C(=O)N3CCN(c4cnccn4)CC3)c3ccccc3n2)cn1. The minimum absolute atomic E-state index is 0.0255. The minimum Gasteiger partial charge on any atom is -0.352 e. The van der Waals surface area contributed by atoms with Crippen LogP contribution < -0.4 is 4.90 Å². The first kappa shape index (κ1) is 18.2. The van der Waals surface area contributed by atoms with E-state index in [-0.39, 0.29) is 5.91 Å². The van der Waals surface area contributed by atoms with E-state index in [2.05, 4.69) is 20.0 Å². The molecule has 1 aromatic carbocycles. The Balaban J connectivity index is 1.45. The normalized spacial score (nSPS) is 14.3. The van der Waals surface area contributed by atoms with Crippen LogP contribution in [-0.4, -0.2) is 61.7 Å². The molecule has 1 aliphatic heterocycles. The van der Waals surface area contributed by atoms with Gasteiger partial charge >= 0.3 is 0 Å². The lowest BCUT2D eigenvalue weighted by atomic mass is 10.0. The Morgan fingerprint density at radius 3 is 2.60 bits per heavy atom. The summed E-state index contributed by atoms with van der Waals surface area (Å²) in [5, 5.41) is 5.11. The monoisotopic (exact) mass is 399 g/mol. The largest absolute Gasteiger partial charge is 0.352 e. The smallest absolute Gasteiger partial charge is 0.254 e. The van der Waals surface area contributed by atoms with E-state index in [4.69, 9.17) is 4.98 Å². The maximum Gasteiger partial charge on any atom is 0.254 e. The number of anilines is 1. The average molecular weight is 399 g/mol. The van der Waals surface area contributed by atoms with Crippen LogP contribution in [0.4, 0.5) is 5.82 Å². The van der Waals surface area contributed by atoms with E-state index in [9.17, 15) is 4.79 Å². The molecule has 150 valence electrons. The molecule has 1 fully saturated rings. The van der Waals surface area contributed by atoms with Crippen LogP contribution in [0.5, 0.6) is 0 Å². The first-order valence-electron chi connectivity index (χ1n) is 9.88. The predicted octanol–water partition coefficient (Wildman–Crippen LogP) is 2.39. The molecule has 8 heteroatoms. The van der Waals surface area contributed by atoms with Crippen LogP contribution in [0.1, 0.15) is 10.4 Å². The molecule has 0 radical (unpaired) electrons. The van der Waals surface area contributed by atoms with Crippen LogP contribution in [0.15, 0.2) is 61.3 Å². The third kappa shape index (κ3) is 3.36. The van der Waals surface area contributed by atoms with Crippen molar-refractivity contribution in [1.29, 1.82) is 0 Å². The lowest BCUT2D eigenvalue weighted by molar-refractivity contribution is 0.0748. The first-order chi connectivity index (χ1) is 14.7. The highest BCUT2D eigenvalue weighted by Crippen LogP contribution is 2.26. The van der Waals surface area contributed by atoms with Gasteiger partial charge < -0.3 is 9.80 Å². The molecule has 0 saturated carbocycles. The number of piperazine rings is 1. The number of carbonyl (C=O) groups is 1. The zero-order valence-electron chi connectivity index (χ0n) is 16.6. The van der Waals surface area contributed by atoms with Crippen LogP contribution in [0.3, 0.4) is 0 Å². The van der Waals surface area contributed by atoms with Gasteiger partial charge in [-0.2, -0.15) is 5.10 Å². The van der Waals surface area contributed by atoms with Crippen molar-refractivity contribution in [2.45, 2.75) is 0 Å². The number of aryl methyl sites for hydroxylation is 1. The van der Waals surface area contributed by atoms with Gasteiger partial charge in [-0.05, 0) is 12.1 Å². The van der Waals surface area contributed by atoms with Gasteiger partial charge in [0.1, 0.15) is 5.82 Å². The Labute approximate surface area is 173 Å². The maximum absolute atomic E-state index is 13.5. The average Bonchev–Trinajstić information content (AvgIpc) is 3.25. The minimum atomic E-state index is 0.0255. The molecule has 1 saturated heterocycles. The molecule has 0 aliphatic carbocycles. The maximum atomic E-state index is 13.5. The number of aromatic nitrogens is 5. The quantitative estimate of drug-likeness (QED) is 0.526. The summed E-state index contributed by atoms with van der Waals surface area (Å²) in [7, 11) is 1.87. The highest BCUT2D eigenvalue weighted by Gasteiger charge is 2.25. The summed E-state index contributed by atoms with van der Waals surface area (Å²) < 4.78 is 1.74. The molecule has 30 heavy (non-hydrogen) atoms. The second kappa shape index (κ2) is 7.55. The Morgan fingerprint density at radius 1 is 1.03 bits per heavy atom. The molecule has 5 rings (SSSR count). The highest BCUT2D eigenvalue weighted by molar-refractivity contribution is 6.07. The van der Waals surface area contributed by atoms with E-state index in [0.29, 0.717) is 18.7 Å². The summed E-state index contributed by atoms with van der Waals surface area (Å²) in [4.78, 5) is 30.8. The van der Waals surface area contributed by atoms with Gasteiger partial charge in [0.25, 0.3) is 5.91 Å². The summed E-state index contributed by atoms with van der Waals surface area (Å²) in [6.45, 7) is 2.72. The van der Waals surface area contributed by atoms with Gasteiger partial charge in [-0.25, -0.2) is 9.97 Å². The fourth-order valence-electron chi connectivity index (χ4n) is 3.82. The van der Waals surface area contributed by atoms with Crippen molar-refractivity contribution in [2.24, 2.45) is 7.05 Å². The van der Waals surface area contributed by atoms with E-state index in [1.807, 2.05) is 48.5 Å². The number of hydrogen-bond donors (Lipinski definition) is 0. The summed E-state index contributed by atoms with van der Waals surface area (Å²) in [6.07, 6.45) is 8.79. The van der Waals surface area contributed by atoms with E-state index in [1.165, 1.54) is 0 Å². The molecule has 0 N–H and O–H groups in total. The number of fused-ring (bicyclic) bond motifs is 1. The van der Waals surface area contributed by atoms with Crippen molar-refractivity contribution in [1.82, 2.24) is 29.6 Å². The molecule has 1 aliphatic rings. The fourth-order valence-corrected chi connectivity index (χ4v) is 3.82. The third-order valence-corrected chi connectivity index (χ3v) is 5.39. The topological polar surface area (TPSA) is 80.0 Å². The molecule has 4 aromatic rings. The number of amides is 1. The molecule has 4 heterocycles. The molecular formula is C22H21N7O. The van der Waals surface area contributed by atoms with Crippen molar-refractivity contribution < 1.29 is 4.79 Å². The third-order valence-electron chi connectivity index (χ3n) is 5.39. The highest BCUT2D eigenvalue weighted by atomic mass is 16.2. The van der Waals surface area contributed by atoms with E-state index < -0.39 is 0 Å². The van der Waals surface area contributed by atoms with Crippen LogP contribution in [0.25, 0.3) is 22.2 Å². The van der Waals surface area contributed by atoms with Crippen molar-refractivity contribution in [3.05, 3.63) is 66.9 Å². The van der Waals surface area contributed by atoms with E-state index in [0.717, 1.165) is 41.1 Å². The number of hydrogen-bond acceptors (Lipinski definition) is 6. The van der Waals surface area contributed by atoms with Gasteiger partial charge in [-0.3, -0.25) is 14.5 Å². The molecular weight excluding hydrogens is 378 g/mol. The standard InChI is InChI=1S/C22H21N7O/c1-27-15-16(13-25-27)20-12-18(17-4-2-3-5-19(17)26-20)22(30)29-10-8-28(9-11-29)21-14-23-6-7-24-21/h2-7,12-15H,8-11H2,1H3. The Bertz CT molecular complexity index is 1200. The van der Waals surface area contributed by atoms with Crippen LogP contribution >= 0.6 is 0 Å². The van der Waals surface area contributed by atoms with E-state index >= 15 is 0 Å². The van der Waals surface area contributed by atoms with Gasteiger partial charge in [0, 0.05) is 62.8 Å². The Hall–Kier alpha value is -3.81. The molecule has 8 nitrogen and oxygen atoms in total. The zero-order chi connectivity index (χ0) is 20.5. The van der Waals surface area contributed by atoms with Gasteiger partial charge in [0.2, 0.25) is 0 Å². The molecule has 0 unspecified atom stereocenters. The molecule has 1 amide bonds.